The number of furan rings is 1. The summed E-state index contributed by atoms with van der Waals surface area (Å²) in [7, 11) is 0. The summed E-state index contributed by atoms with van der Waals surface area (Å²) in [6.07, 6.45) is 1.04. The van der Waals surface area contributed by atoms with E-state index in [9.17, 15) is 9.59 Å². The summed E-state index contributed by atoms with van der Waals surface area (Å²) < 4.78 is 10.1. The first-order valence-corrected chi connectivity index (χ1v) is 6.38. The van der Waals surface area contributed by atoms with E-state index < -0.39 is 11.7 Å². The largest absolute Gasteiger partial charge is 0.467 e. The van der Waals surface area contributed by atoms with Crippen LogP contribution in [0.2, 0.25) is 0 Å². The average Bonchev–Trinajstić information content (AvgIpc) is 2.83. The number of amides is 3. The highest BCUT2D eigenvalue weighted by atomic mass is 16.6. The molecule has 112 valence electrons. The highest BCUT2D eigenvalue weighted by Crippen LogP contribution is 2.05. The Balaban J connectivity index is 2.06. The third-order valence-electron chi connectivity index (χ3n) is 2.08. The lowest BCUT2D eigenvalue weighted by atomic mass is 10.2. The number of carbonyl (C=O) groups excluding carboxylic acids is 2. The van der Waals surface area contributed by atoms with Crippen molar-refractivity contribution >= 4 is 12.1 Å². The molecule has 0 saturated carbocycles. The van der Waals surface area contributed by atoms with Gasteiger partial charge in [0.15, 0.2) is 0 Å². The van der Waals surface area contributed by atoms with Crippen LogP contribution in [0, 0.1) is 0 Å². The molecule has 0 unspecified atom stereocenters. The summed E-state index contributed by atoms with van der Waals surface area (Å²) in [6, 6.07) is 3.19. The molecular weight excluding hydrogens is 262 g/mol. The Morgan fingerprint density at radius 3 is 2.50 bits per heavy atom. The van der Waals surface area contributed by atoms with Crippen LogP contribution in [0.4, 0.5) is 9.59 Å². The predicted octanol–water partition coefficient (Wildman–Crippen LogP) is 1.60. The van der Waals surface area contributed by atoms with Gasteiger partial charge in [0, 0.05) is 13.1 Å². The fraction of sp³-hybridized carbons (Fsp3) is 0.538. The van der Waals surface area contributed by atoms with Gasteiger partial charge in [-0.3, -0.25) is 0 Å². The van der Waals surface area contributed by atoms with Crippen molar-refractivity contribution in [3.63, 3.8) is 0 Å². The molecule has 0 aliphatic heterocycles. The van der Waals surface area contributed by atoms with Gasteiger partial charge in [0.05, 0.1) is 12.8 Å². The van der Waals surface area contributed by atoms with Gasteiger partial charge in [-0.1, -0.05) is 0 Å². The number of hydrogen-bond donors (Lipinski definition) is 3. The predicted molar refractivity (Wildman–Crippen MR) is 73.2 cm³/mol. The van der Waals surface area contributed by atoms with Crippen LogP contribution in [-0.2, 0) is 11.3 Å². The summed E-state index contributed by atoms with van der Waals surface area (Å²) in [5.74, 6) is 0.673. The Morgan fingerprint density at radius 1 is 1.20 bits per heavy atom. The van der Waals surface area contributed by atoms with Gasteiger partial charge in [-0.15, -0.1) is 0 Å². The van der Waals surface area contributed by atoms with Crippen LogP contribution in [-0.4, -0.2) is 30.8 Å². The molecule has 0 radical (unpaired) electrons. The van der Waals surface area contributed by atoms with Crippen molar-refractivity contribution in [3.05, 3.63) is 24.2 Å². The number of carbonyl (C=O) groups is 2. The van der Waals surface area contributed by atoms with Crippen LogP contribution in [0.15, 0.2) is 22.8 Å². The molecule has 1 rings (SSSR count). The van der Waals surface area contributed by atoms with Gasteiger partial charge < -0.3 is 25.1 Å². The number of hydrogen-bond acceptors (Lipinski definition) is 4. The zero-order valence-electron chi connectivity index (χ0n) is 12.0. The Bertz CT molecular complexity index is 423. The zero-order valence-corrected chi connectivity index (χ0v) is 12.0. The third-order valence-corrected chi connectivity index (χ3v) is 2.08. The molecule has 20 heavy (non-hydrogen) atoms. The Hall–Kier alpha value is -2.18. The molecule has 3 N–H and O–H groups in total. The molecule has 0 atom stereocenters. The summed E-state index contributed by atoms with van der Waals surface area (Å²) in [5, 5.41) is 7.77. The lowest BCUT2D eigenvalue weighted by molar-refractivity contribution is 0.0528. The number of urea groups is 1. The third kappa shape index (κ3) is 7.30. The minimum atomic E-state index is -0.530. The normalized spacial score (nSPS) is 10.8. The monoisotopic (exact) mass is 283 g/mol. The number of nitrogens with one attached hydrogen (secondary N) is 3. The first kappa shape index (κ1) is 15.9. The van der Waals surface area contributed by atoms with Crippen LogP contribution >= 0.6 is 0 Å². The second-order valence-corrected chi connectivity index (χ2v) is 5.12. The van der Waals surface area contributed by atoms with Gasteiger partial charge in [0.25, 0.3) is 0 Å². The number of ether oxygens (including phenoxy) is 1. The number of alkyl carbamates (subject to hydrolysis) is 1. The quantitative estimate of drug-likeness (QED) is 0.716. The van der Waals surface area contributed by atoms with E-state index in [1.54, 1.807) is 39.2 Å². The minimum absolute atomic E-state index is 0.295. The van der Waals surface area contributed by atoms with Gasteiger partial charge in [0.1, 0.15) is 11.4 Å². The molecule has 0 aliphatic carbocycles. The Morgan fingerprint density at radius 2 is 1.90 bits per heavy atom. The van der Waals surface area contributed by atoms with Crippen LogP contribution in [0.1, 0.15) is 26.5 Å². The summed E-state index contributed by atoms with van der Waals surface area (Å²) in [6.45, 7) is 6.28. The van der Waals surface area contributed by atoms with Crippen LogP contribution < -0.4 is 16.0 Å². The van der Waals surface area contributed by atoms with E-state index in [0.717, 1.165) is 0 Å². The van der Waals surface area contributed by atoms with E-state index in [2.05, 4.69) is 16.0 Å². The molecule has 0 spiro atoms. The van der Waals surface area contributed by atoms with Crippen LogP contribution in [0.25, 0.3) is 0 Å². The fourth-order valence-electron chi connectivity index (χ4n) is 1.30. The SMILES string of the molecule is CC(C)(C)OC(=O)NCCNC(=O)NCc1ccco1. The molecule has 0 bridgehead atoms. The van der Waals surface area contributed by atoms with Crippen LogP contribution in [0.5, 0.6) is 0 Å². The Labute approximate surface area is 118 Å². The van der Waals surface area contributed by atoms with Gasteiger partial charge in [0.2, 0.25) is 0 Å². The van der Waals surface area contributed by atoms with Crippen molar-refractivity contribution in [2.75, 3.05) is 13.1 Å². The molecule has 0 aliphatic rings. The summed E-state index contributed by atoms with van der Waals surface area (Å²) in [5.41, 5.74) is -0.530. The van der Waals surface area contributed by atoms with Crippen molar-refractivity contribution in [1.29, 1.82) is 0 Å². The molecule has 3 amide bonds. The van der Waals surface area contributed by atoms with Gasteiger partial charge in [-0.05, 0) is 32.9 Å². The van der Waals surface area contributed by atoms with E-state index in [0.29, 0.717) is 25.4 Å². The molecular formula is C13H21N3O4. The highest BCUT2D eigenvalue weighted by Gasteiger charge is 2.15. The van der Waals surface area contributed by atoms with E-state index in [4.69, 9.17) is 9.15 Å². The van der Waals surface area contributed by atoms with Gasteiger partial charge in [-0.25, -0.2) is 9.59 Å². The molecule has 1 aromatic rings. The molecule has 7 nitrogen and oxygen atoms in total. The lowest BCUT2D eigenvalue weighted by Gasteiger charge is -2.19. The van der Waals surface area contributed by atoms with Gasteiger partial charge in [-0.2, -0.15) is 0 Å². The minimum Gasteiger partial charge on any atom is -0.467 e. The summed E-state index contributed by atoms with van der Waals surface area (Å²) in [4.78, 5) is 22.7. The molecule has 0 saturated heterocycles. The standard InChI is InChI=1S/C13H21N3O4/c1-13(2,3)20-12(18)15-7-6-14-11(17)16-9-10-5-4-8-19-10/h4-5,8H,6-7,9H2,1-3H3,(H,15,18)(H2,14,16,17). The Kier molecular flexibility index (Phi) is 5.89. The summed E-state index contributed by atoms with van der Waals surface area (Å²) >= 11 is 0. The molecule has 1 aromatic heterocycles. The molecule has 1 heterocycles. The smallest absolute Gasteiger partial charge is 0.407 e. The van der Waals surface area contributed by atoms with E-state index in [1.807, 2.05) is 0 Å². The van der Waals surface area contributed by atoms with Crippen LogP contribution in [0.3, 0.4) is 0 Å². The zero-order chi connectivity index (χ0) is 15.0. The second kappa shape index (κ2) is 7.42. The van der Waals surface area contributed by atoms with E-state index >= 15 is 0 Å². The molecule has 0 fully saturated rings. The van der Waals surface area contributed by atoms with Crippen molar-refractivity contribution in [2.45, 2.75) is 32.9 Å². The van der Waals surface area contributed by atoms with Crippen molar-refractivity contribution in [3.8, 4) is 0 Å². The maximum absolute atomic E-state index is 11.4. The van der Waals surface area contributed by atoms with E-state index in [1.165, 1.54) is 0 Å². The topological polar surface area (TPSA) is 92.6 Å². The fourth-order valence-corrected chi connectivity index (χ4v) is 1.30. The second-order valence-electron chi connectivity index (χ2n) is 5.12. The molecule has 0 aromatic carbocycles. The maximum atomic E-state index is 11.4. The first-order valence-electron chi connectivity index (χ1n) is 6.38. The van der Waals surface area contributed by atoms with Gasteiger partial charge >= 0.3 is 12.1 Å². The maximum Gasteiger partial charge on any atom is 0.407 e. The molecule has 7 heteroatoms. The average molecular weight is 283 g/mol. The van der Waals surface area contributed by atoms with E-state index in [-0.39, 0.29) is 6.03 Å². The van der Waals surface area contributed by atoms with Crippen molar-refractivity contribution in [2.24, 2.45) is 0 Å². The highest BCUT2D eigenvalue weighted by molar-refractivity contribution is 5.73. The number of rotatable bonds is 5. The van der Waals surface area contributed by atoms with Crippen molar-refractivity contribution < 1.29 is 18.7 Å². The first-order chi connectivity index (χ1) is 9.37. The lowest BCUT2D eigenvalue weighted by Crippen LogP contribution is -2.41. The van der Waals surface area contributed by atoms with Crippen molar-refractivity contribution in [1.82, 2.24) is 16.0 Å².